The first-order valence-corrected chi connectivity index (χ1v) is 10.9. The number of para-hydroxylation sites is 1. The third-order valence-electron chi connectivity index (χ3n) is 6.62. The van der Waals surface area contributed by atoms with E-state index in [4.69, 9.17) is 9.15 Å². The Kier molecular flexibility index (Phi) is 4.86. The summed E-state index contributed by atoms with van der Waals surface area (Å²) >= 11 is 0. The van der Waals surface area contributed by atoms with Crippen LogP contribution in [0.2, 0.25) is 0 Å². The summed E-state index contributed by atoms with van der Waals surface area (Å²) in [5.74, 6) is 3.39. The topological polar surface area (TPSA) is 54.7 Å². The molecule has 5 rings (SSSR count). The molecule has 3 aliphatic rings. The Morgan fingerprint density at radius 2 is 1.97 bits per heavy atom. The zero-order valence-corrected chi connectivity index (χ0v) is 17.2. The number of benzene rings is 1. The first kappa shape index (κ1) is 18.7. The van der Waals surface area contributed by atoms with Crippen molar-refractivity contribution < 1.29 is 13.9 Å². The van der Waals surface area contributed by atoms with Crippen LogP contribution in [-0.4, -0.2) is 35.5 Å². The van der Waals surface area contributed by atoms with Gasteiger partial charge in [0.15, 0.2) is 0 Å². The van der Waals surface area contributed by atoms with Gasteiger partial charge in [-0.25, -0.2) is 0 Å². The van der Waals surface area contributed by atoms with E-state index in [0.29, 0.717) is 12.5 Å². The highest BCUT2D eigenvalue weighted by Crippen LogP contribution is 2.46. The Hall–Kier alpha value is -2.27. The van der Waals surface area contributed by atoms with E-state index in [2.05, 4.69) is 34.5 Å². The molecule has 2 fully saturated rings. The molecule has 1 aromatic carbocycles. The molecule has 29 heavy (non-hydrogen) atoms. The Balaban J connectivity index is 1.27. The summed E-state index contributed by atoms with van der Waals surface area (Å²) in [5, 5.41) is 3.16. The minimum Gasteiger partial charge on any atom is -0.487 e. The summed E-state index contributed by atoms with van der Waals surface area (Å²) < 4.78 is 12.3. The number of carbonyl (C=O) groups is 1. The van der Waals surface area contributed by atoms with Gasteiger partial charge < -0.3 is 14.5 Å². The Morgan fingerprint density at radius 3 is 2.69 bits per heavy atom. The maximum absolute atomic E-state index is 12.5. The van der Waals surface area contributed by atoms with Crippen LogP contribution in [0.1, 0.15) is 61.5 Å². The molecular weight excluding hydrogens is 364 g/mol. The number of likely N-dealkylation sites (tertiary alicyclic amines) is 1. The summed E-state index contributed by atoms with van der Waals surface area (Å²) in [6.45, 7) is 4.82. The van der Waals surface area contributed by atoms with Crippen LogP contribution >= 0.6 is 0 Å². The number of aryl methyl sites for hydroxylation is 1. The first-order chi connectivity index (χ1) is 14.1. The Bertz CT molecular complexity index is 878. The molecule has 0 radical (unpaired) electrons. The molecule has 0 unspecified atom stereocenters. The second-order valence-electron chi connectivity index (χ2n) is 9.06. The van der Waals surface area contributed by atoms with Gasteiger partial charge in [-0.05, 0) is 62.8 Å². The number of piperidine rings is 1. The van der Waals surface area contributed by atoms with Crippen molar-refractivity contribution in [2.24, 2.45) is 0 Å². The Labute approximate surface area is 172 Å². The molecular formula is C24H30N2O3. The lowest BCUT2D eigenvalue weighted by atomic mass is 9.76. The van der Waals surface area contributed by atoms with Crippen LogP contribution in [0.3, 0.4) is 0 Å². The second kappa shape index (κ2) is 7.52. The molecule has 1 aromatic heterocycles. The molecule has 1 amide bonds. The van der Waals surface area contributed by atoms with E-state index >= 15 is 0 Å². The van der Waals surface area contributed by atoms with E-state index < -0.39 is 0 Å². The fourth-order valence-electron chi connectivity index (χ4n) is 4.88. The molecule has 1 N–H and O–H groups in total. The van der Waals surface area contributed by atoms with Gasteiger partial charge >= 0.3 is 0 Å². The smallest absolute Gasteiger partial charge is 0.220 e. The van der Waals surface area contributed by atoms with Crippen LogP contribution in [0, 0.1) is 6.92 Å². The van der Waals surface area contributed by atoms with Gasteiger partial charge in [0.05, 0.1) is 6.54 Å². The monoisotopic (exact) mass is 394 g/mol. The van der Waals surface area contributed by atoms with Crippen molar-refractivity contribution in [3.05, 3.63) is 53.5 Å². The molecule has 1 atom stereocenters. The molecule has 1 aliphatic carbocycles. The highest BCUT2D eigenvalue weighted by Gasteiger charge is 2.43. The van der Waals surface area contributed by atoms with Crippen LogP contribution in [-0.2, 0) is 11.3 Å². The summed E-state index contributed by atoms with van der Waals surface area (Å²) in [4.78, 5) is 15.0. The van der Waals surface area contributed by atoms with Crippen LogP contribution in [0.5, 0.6) is 5.75 Å². The van der Waals surface area contributed by atoms with Crippen LogP contribution in [0.25, 0.3) is 0 Å². The number of ether oxygens (including phenoxy) is 1. The van der Waals surface area contributed by atoms with E-state index in [0.717, 1.165) is 69.0 Å². The van der Waals surface area contributed by atoms with Gasteiger partial charge in [0.25, 0.3) is 0 Å². The third-order valence-corrected chi connectivity index (χ3v) is 6.62. The van der Waals surface area contributed by atoms with Gasteiger partial charge in [-0.3, -0.25) is 9.69 Å². The van der Waals surface area contributed by atoms with Gasteiger partial charge in [0.1, 0.15) is 22.9 Å². The molecule has 1 spiro atoms. The molecule has 3 heterocycles. The number of fused-ring (bicyclic) bond motifs is 1. The fraction of sp³-hybridized carbons (Fsp3) is 0.542. The predicted octanol–water partition coefficient (Wildman–Crippen LogP) is 4.16. The number of rotatable bonds is 5. The Morgan fingerprint density at radius 1 is 1.17 bits per heavy atom. The first-order valence-electron chi connectivity index (χ1n) is 10.9. The normalized spacial score (nSPS) is 23.4. The van der Waals surface area contributed by atoms with Gasteiger partial charge in [0.2, 0.25) is 5.91 Å². The molecule has 1 saturated carbocycles. The van der Waals surface area contributed by atoms with Crippen molar-refractivity contribution in [3.8, 4) is 5.75 Å². The molecule has 2 aromatic rings. The number of hydrogen-bond donors (Lipinski definition) is 1. The second-order valence-corrected chi connectivity index (χ2v) is 9.06. The van der Waals surface area contributed by atoms with Gasteiger partial charge in [-0.15, -0.1) is 0 Å². The zero-order valence-electron chi connectivity index (χ0n) is 17.2. The standard InChI is InChI=1S/C24H30N2O3/c1-17-6-9-20(28-17)16-26-12-10-24(11-13-26)15-18(14-23(27)25-19-7-8-19)21-4-2-3-5-22(21)29-24/h2-6,9,18-19H,7-8,10-16H2,1H3,(H,25,27)/t18-/m0/s1. The van der Waals surface area contributed by atoms with Crippen LogP contribution in [0.4, 0.5) is 0 Å². The van der Waals surface area contributed by atoms with Gasteiger partial charge in [-0.1, -0.05) is 18.2 Å². The van der Waals surface area contributed by atoms with Crippen molar-refractivity contribution in [1.82, 2.24) is 10.2 Å². The van der Waals surface area contributed by atoms with E-state index in [1.54, 1.807) is 0 Å². The summed E-state index contributed by atoms with van der Waals surface area (Å²) in [6.07, 6.45) is 5.73. The lowest BCUT2D eigenvalue weighted by Crippen LogP contribution is -2.50. The number of carbonyl (C=O) groups excluding carboxylic acids is 1. The average molecular weight is 395 g/mol. The fourth-order valence-corrected chi connectivity index (χ4v) is 4.88. The molecule has 5 nitrogen and oxygen atoms in total. The quantitative estimate of drug-likeness (QED) is 0.827. The SMILES string of the molecule is Cc1ccc(CN2CCC3(CC2)C[C@H](CC(=O)NC2CC2)c2ccccc2O3)o1. The van der Waals surface area contributed by atoms with E-state index in [1.165, 1.54) is 5.56 Å². The minimum absolute atomic E-state index is 0.158. The number of hydrogen-bond acceptors (Lipinski definition) is 4. The highest BCUT2D eigenvalue weighted by molar-refractivity contribution is 5.77. The number of furan rings is 1. The number of amides is 1. The lowest BCUT2D eigenvalue weighted by molar-refractivity contribution is -0.122. The van der Waals surface area contributed by atoms with Crippen molar-refractivity contribution in [3.63, 3.8) is 0 Å². The van der Waals surface area contributed by atoms with Crippen molar-refractivity contribution >= 4 is 5.91 Å². The predicted molar refractivity (Wildman–Crippen MR) is 111 cm³/mol. The van der Waals surface area contributed by atoms with Crippen LogP contribution in [0.15, 0.2) is 40.8 Å². The zero-order chi connectivity index (χ0) is 19.8. The number of nitrogens with zero attached hydrogens (tertiary/aromatic N) is 1. The maximum atomic E-state index is 12.5. The van der Waals surface area contributed by atoms with Crippen molar-refractivity contribution in [2.75, 3.05) is 13.1 Å². The van der Waals surface area contributed by atoms with Crippen molar-refractivity contribution in [2.45, 2.75) is 69.6 Å². The highest BCUT2D eigenvalue weighted by atomic mass is 16.5. The minimum atomic E-state index is -0.158. The van der Waals surface area contributed by atoms with Crippen LogP contribution < -0.4 is 10.1 Å². The van der Waals surface area contributed by atoms with Gasteiger partial charge in [-0.2, -0.15) is 0 Å². The molecule has 154 valence electrons. The van der Waals surface area contributed by atoms with Crippen molar-refractivity contribution in [1.29, 1.82) is 0 Å². The molecule has 5 heteroatoms. The summed E-state index contributed by atoms with van der Waals surface area (Å²) in [7, 11) is 0. The van der Waals surface area contributed by atoms with Gasteiger partial charge in [0, 0.05) is 31.5 Å². The summed E-state index contributed by atoms with van der Waals surface area (Å²) in [6, 6.07) is 12.8. The van der Waals surface area contributed by atoms with E-state index in [-0.39, 0.29) is 17.4 Å². The molecule has 2 aliphatic heterocycles. The lowest BCUT2D eigenvalue weighted by Gasteiger charge is -2.46. The largest absolute Gasteiger partial charge is 0.487 e. The average Bonchev–Trinajstić information content (AvgIpc) is 3.42. The third kappa shape index (κ3) is 4.20. The molecule has 1 saturated heterocycles. The molecule has 0 bridgehead atoms. The maximum Gasteiger partial charge on any atom is 0.220 e. The summed E-state index contributed by atoms with van der Waals surface area (Å²) in [5.41, 5.74) is 1.03. The number of nitrogens with one attached hydrogen (secondary N) is 1. The van der Waals surface area contributed by atoms with E-state index in [1.807, 2.05) is 19.1 Å². The van der Waals surface area contributed by atoms with E-state index in [9.17, 15) is 4.79 Å².